The topological polar surface area (TPSA) is 100 Å². The van der Waals surface area contributed by atoms with Crippen LogP contribution in [0.1, 0.15) is 0 Å². The molecule has 1 saturated heterocycles. The van der Waals surface area contributed by atoms with Crippen LogP contribution in [-0.4, -0.2) is 59.4 Å². The molecule has 2 aromatic rings. The van der Waals surface area contributed by atoms with E-state index in [1.54, 1.807) is 22.8 Å². The number of fused-ring (bicyclic) bond motifs is 1. The first-order chi connectivity index (χ1) is 9.16. The first-order valence-corrected chi connectivity index (χ1v) is 6.82. The van der Waals surface area contributed by atoms with Crippen LogP contribution < -0.4 is 4.74 Å². The Bertz CT molecular complexity index is 578. The van der Waals surface area contributed by atoms with Crippen LogP contribution >= 0.6 is 11.8 Å². The lowest BCUT2D eigenvalue weighted by molar-refractivity contribution is -0.0784. The summed E-state index contributed by atoms with van der Waals surface area (Å²) < 4.78 is 7.23. The summed E-state index contributed by atoms with van der Waals surface area (Å²) in [4.78, 5) is 4.07. The largest absolute Gasteiger partial charge is 0.473 e. The third-order valence-electron chi connectivity index (χ3n) is 2.97. The van der Waals surface area contributed by atoms with Gasteiger partial charge in [0.05, 0.1) is 6.10 Å². The van der Waals surface area contributed by atoms with Crippen LogP contribution in [0, 0.1) is 0 Å². The van der Waals surface area contributed by atoms with Gasteiger partial charge < -0.3 is 20.1 Å². The quantitative estimate of drug-likeness (QED) is 0.667. The molecule has 0 aromatic carbocycles. The van der Waals surface area contributed by atoms with Gasteiger partial charge in [-0.3, -0.25) is 0 Å². The summed E-state index contributed by atoms with van der Waals surface area (Å²) in [5.41, 5.74) is -0.114. The Morgan fingerprint density at radius 3 is 3.00 bits per heavy atom. The number of hydrogen-bond donors (Lipinski definition) is 3. The van der Waals surface area contributed by atoms with Gasteiger partial charge in [0.15, 0.2) is 16.8 Å². The molecule has 1 aliphatic rings. The fourth-order valence-corrected chi connectivity index (χ4v) is 3.04. The van der Waals surface area contributed by atoms with Crippen LogP contribution in [0.4, 0.5) is 0 Å². The van der Waals surface area contributed by atoms with E-state index in [0.29, 0.717) is 17.1 Å². The van der Waals surface area contributed by atoms with E-state index in [2.05, 4.69) is 10.1 Å². The molecule has 0 saturated carbocycles. The molecular formula is C11H13N3O4S. The summed E-state index contributed by atoms with van der Waals surface area (Å²) in [6.07, 6.45) is -0.159. The van der Waals surface area contributed by atoms with E-state index in [1.165, 1.54) is 18.1 Å². The monoisotopic (exact) mass is 283 g/mol. The van der Waals surface area contributed by atoms with Gasteiger partial charge in [0.1, 0.15) is 18.5 Å². The maximum atomic E-state index is 9.89. The molecule has 0 amide bonds. The Morgan fingerprint density at radius 2 is 2.16 bits per heavy atom. The second-order valence-electron chi connectivity index (χ2n) is 4.27. The Hall–Kier alpha value is -1.35. The second-order valence-corrected chi connectivity index (χ2v) is 5.40. The number of thioether (sulfide) groups is 1. The zero-order valence-electron chi connectivity index (χ0n) is 9.83. The van der Waals surface area contributed by atoms with E-state index in [-0.39, 0.29) is 0 Å². The van der Waals surface area contributed by atoms with Gasteiger partial charge in [-0.2, -0.15) is 5.10 Å². The van der Waals surface area contributed by atoms with Gasteiger partial charge in [-0.25, -0.2) is 9.50 Å². The molecule has 0 radical (unpaired) electrons. The zero-order valence-corrected chi connectivity index (χ0v) is 10.6. The molecule has 4 atom stereocenters. The first kappa shape index (κ1) is 12.7. The van der Waals surface area contributed by atoms with Crippen LogP contribution in [0.5, 0.6) is 5.75 Å². The average molecular weight is 283 g/mol. The van der Waals surface area contributed by atoms with E-state index in [4.69, 9.17) is 4.74 Å². The van der Waals surface area contributed by atoms with Crippen LogP contribution in [0.15, 0.2) is 24.7 Å². The zero-order chi connectivity index (χ0) is 13.4. The predicted molar refractivity (Wildman–Crippen MR) is 67.9 cm³/mol. The van der Waals surface area contributed by atoms with Crippen LogP contribution in [-0.2, 0) is 0 Å². The molecule has 0 bridgehead atoms. The van der Waals surface area contributed by atoms with Gasteiger partial charge >= 0.3 is 0 Å². The lowest BCUT2D eigenvalue weighted by Crippen LogP contribution is -2.50. The van der Waals surface area contributed by atoms with Crippen molar-refractivity contribution in [2.75, 3.05) is 5.75 Å². The Labute approximate surface area is 112 Å². The molecule has 0 spiro atoms. The second kappa shape index (κ2) is 4.97. The molecule has 2 aromatic heterocycles. The normalized spacial score (nSPS) is 31.5. The summed E-state index contributed by atoms with van der Waals surface area (Å²) in [6.45, 7) is 0. The van der Waals surface area contributed by atoms with Gasteiger partial charge in [-0.1, -0.05) is 0 Å². The molecule has 3 N–H and O–H groups in total. The summed E-state index contributed by atoms with van der Waals surface area (Å²) in [5.74, 6) is 0.777. The molecule has 3 heterocycles. The lowest BCUT2D eigenvalue weighted by atomic mass is 10.1. The number of aliphatic hydroxyl groups is 3. The minimum atomic E-state index is -1.20. The van der Waals surface area contributed by atoms with Crippen molar-refractivity contribution < 1.29 is 20.1 Å². The summed E-state index contributed by atoms with van der Waals surface area (Å²) in [6, 6.07) is 3.47. The van der Waals surface area contributed by atoms with Crippen molar-refractivity contribution in [1.29, 1.82) is 0 Å². The highest BCUT2D eigenvalue weighted by atomic mass is 32.2. The molecule has 1 aliphatic heterocycles. The SMILES string of the molecule is O[C@@H]1[C@@H](O)[C@@H](Oc2cccn3ncnc23)SC[C@H]1O. The molecule has 102 valence electrons. The minimum Gasteiger partial charge on any atom is -0.473 e. The number of hydrogen-bond acceptors (Lipinski definition) is 7. The Kier molecular flexibility index (Phi) is 3.31. The standard InChI is InChI=1S/C11H13N3O4S/c15-6-4-19-11(9(17)8(6)16)18-7-2-1-3-14-10(7)12-5-13-14/h1-3,5-6,8-9,11,15-17H,4H2/t6-,8+,9-,11+/m1/s1. The highest BCUT2D eigenvalue weighted by molar-refractivity contribution is 7.99. The molecule has 8 heteroatoms. The van der Waals surface area contributed by atoms with Crippen LogP contribution in [0.3, 0.4) is 0 Å². The molecule has 0 unspecified atom stereocenters. The van der Waals surface area contributed by atoms with Crippen molar-refractivity contribution in [3.05, 3.63) is 24.7 Å². The van der Waals surface area contributed by atoms with Crippen molar-refractivity contribution in [2.45, 2.75) is 23.7 Å². The van der Waals surface area contributed by atoms with Gasteiger partial charge in [0, 0.05) is 11.9 Å². The number of aliphatic hydroxyl groups excluding tert-OH is 3. The van der Waals surface area contributed by atoms with Gasteiger partial charge in [0.25, 0.3) is 0 Å². The van der Waals surface area contributed by atoms with Crippen LogP contribution in [0.2, 0.25) is 0 Å². The number of ether oxygens (including phenoxy) is 1. The van der Waals surface area contributed by atoms with Crippen LogP contribution in [0.25, 0.3) is 5.65 Å². The summed E-state index contributed by atoms with van der Waals surface area (Å²) in [5, 5.41) is 33.0. The van der Waals surface area contributed by atoms with Crippen molar-refractivity contribution in [1.82, 2.24) is 14.6 Å². The fraction of sp³-hybridized carbons (Fsp3) is 0.455. The van der Waals surface area contributed by atoms with Crippen molar-refractivity contribution in [3.63, 3.8) is 0 Å². The van der Waals surface area contributed by atoms with E-state index >= 15 is 0 Å². The van der Waals surface area contributed by atoms with Gasteiger partial charge in [-0.05, 0) is 12.1 Å². The van der Waals surface area contributed by atoms with Gasteiger partial charge in [0.2, 0.25) is 0 Å². The van der Waals surface area contributed by atoms with Crippen molar-refractivity contribution >= 4 is 17.4 Å². The Balaban J connectivity index is 1.83. The predicted octanol–water partition coefficient (Wildman–Crippen LogP) is -0.736. The number of pyridine rings is 1. The summed E-state index contributed by atoms with van der Waals surface area (Å²) in [7, 11) is 0. The maximum absolute atomic E-state index is 9.89. The highest BCUT2D eigenvalue weighted by Gasteiger charge is 2.38. The number of rotatable bonds is 2. The fourth-order valence-electron chi connectivity index (χ4n) is 1.92. The molecule has 19 heavy (non-hydrogen) atoms. The number of nitrogens with zero attached hydrogens (tertiary/aromatic N) is 3. The highest BCUT2D eigenvalue weighted by Crippen LogP contribution is 2.30. The third kappa shape index (κ3) is 2.27. The first-order valence-electron chi connectivity index (χ1n) is 5.77. The third-order valence-corrected chi connectivity index (χ3v) is 4.20. The van der Waals surface area contributed by atoms with E-state index < -0.39 is 23.7 Å². The maximum Gasteiger partial charge on any atom is 0.197 e. The number of aromatic nitrogens is 3. The lowest BCUT2D eigenvalue weighted by Gasteiger charge is -2.34. The smallest absolute Gasteiger partial charge is 0.197 e. The molecule has 7 nitrogen and oxygen atoms in total. The summed E-state index contributed by atoms with van der Waals surface area (Å²) >= 11 is 1.25. The molecular weight excluding hydrogens is 270 g/mol. The average Bonchev–Trinajstić information content (AvgIpc) is 2.89. The molecule has 1 fully saturated rings. The van der Waals surface area contributed by atoms with E-state index in [9.17, 15) is 15.3 Å². The minimum absolute atomic E-state index is 0.304. The van der Waals surface area contributed by atoms with E-state index in [0.717, 1.165) is 0 Å². The molecule has 3 rings (SSSR count). The van der Waals surface area contributed by atoms with Crippen molar-refractivity contribution in [2.24, 2.45) is 0 Å². The molecule has 0 aliphatic carbocycles. The van der Waals surface area contributed by atoms with E-state index in [1.807, 2.05) is 0 Å². The Morgan fingerprint density at radius 1 is 1.32 bits per heavy atom. The van der Waals surface area contributed by atoms with Crippen molar-refractivity contribution in [3.8, 4) is 5.75 Å². The van der Waals surface area contributed by atoms with Gasteiger partial charge in [-0.15, -0.1) is 11.8 Å².